The van der Waals surface area contributed by atoms with Gasteiger partial charge in [-0.15, -0.1) is 0 Å². The Morgan fingerprint density at radius 2 is 2.00 bits per heavy atom. The van der Waals surface area contributed by atoms with Crippen LogP contribution in [-0.4, -0.2) is 46.7 Å². The molecule has 0 spiro atoms. The molecule has 3 rings (SSSR count). The molecule has 0 N–H and O–H groups in total. The van der Waals surface area contributed by atoms with Gasteiger partial charge in [0.1, 0.15) is 0 Å². The number of pyridine rings is 1. The van der Waals surface area contributed by atoms with Crippen molar-refractivity contribution < 1.29 is 9.59 Å². The summed E-state index contributed by atoms with van der Waals surface area (Å²) in [6.45, 7) is 1.48. The van der Waals surface area contributed by atoms with E-state index in [4.69, 9.17) is 0 Å². The van der Waals surface area contributed by atoms with Crippen LogP contribution in [0.5, 0.6) is 0 Å². The molecule has 2 saturated heterocycles. The summed E-state index contributed by atoms with van der Waals surface area (Å²) in [5.74, 6) is 0.0890. The molecule has 0 radical (unpaired) electrons. The van der Waals surface area contributed by atoms with E-state index >= 15 is 0 Å². The summed E-state index contributed by atoms with van der Waals surface area (Å²) in [5, 5.41) is 0. The van der Waals surface area contributed by atoms with Crippen LogP contribution < -0.4 is 0 Å². The summed E-state index contributed by atoms with van der Waals surface area (Å²) < 4.78 is 0. The number of hydrogen-bond donors (Lipinski definition) is 0. The van der Waals surface area contributed by atoms with Crippen molar-refractivity contribution in [2.45, 2.75) is 31.7 Å². The first kappa shape index (κ1) is 14.0. The summed E-state index contributed by atoms with van der Waals surface area (Å²) in [6.07, 6.45) is 6.70. The van der Waals surface area contributed by atoms with E-state index in [9.17, 15) is 9.59 Å². The molecule has 3 heterocycles. The number of hydrogen-bond acceptors (Lipinski definition) is 3. The summed E-state index contributed by atoms with van der Waals surface area (Å²) in [7, 11) is 1.80. The van der Waals surface area contributed by atoms with Crippen molar-refractivity contribution in [1.29, 1.82) is 0 Å². The first-order valence-corrected chi connectivity index (χ1v) is 7.61. The van der Waals surface area contributed by atoms with Gasteiger partial charge in [0.15, 0.2) is 0 Å². The highest BCUT2D eigenvalue weighted by Crippen LogP contribution is 2.34. The molecule has 2 unspecified atom stereocenters. The van der Waals surface area contributed by atoms with E-state index in [2.05, 4.69) is 4.98 Å². The molecule has 0 aliphatic carbocycles. The molecule has 112 valence electrons. The van der Waals surface area contributed by atoms with Crippen molar-refractivity contribution in [3.05, 3.63) is 30.1 Å². The molecular weight excluding hydrogens is 266 g/mol. The Bertz CT molecular complexity index is 532. The lowest BCUT2D eigenvalue weighted by Crippen LogP contribution is -2.43. The van der Waals surface area contributed by atoms with Crippen LogP contribution in [0.1, 0.15) is 37.3 Å². The molecule has 2 aliphatic heterocycles. The second kappa shape index (κ2) is 5.84. The fourth-order valence-corrected chi connectivity index (χ4v) is 3.35. The molecule has 1 aromatic heterocycles. The molecule has 0 aromatic carbocycles. The molecule has 5 nitrogen and oxygen atoms in total. The summed E-state index contributed by atoms with van der Waals surface area (Å²) in [6, 6.07) is 4.11. The van der Waals surface area contributed by atoms with Gasteiger partial charge in [-0.2, -0.15) is 0 Å². The largest absolute Gasteiger partial charge is 0.346 e. The predicted molar refractivity (Wildman–Crippen MR) is 78.3 cm³/mol. The first-order valence-electron chi connectivity index (χ1n) is 7.61. The van der Waals surface area contributed by atoms with Crippen LogP contribution in [0.2, 0.25) is 0 Å². The average molecular weight is 287 g/mol. The zero-order valence-corrected chi connectivity index (χ0v) is 12.4. The Hall–Kier alpha value is -1.91. The molecule has 21 heavy (non-hydrogen) atoms. The molecule has 0 saturated carbocycles. The van der Waals surface area contributed by atoms with Gasteiger partial charge in [-0.3, -0.25) is 14.6 Å². The van der Waals surface area contributed by atoms with Gasteiger partial charge in [0.25, 0.3) is 0 Å². The number of likely N-dealkylation sites (tertiary alicyclic amines) is 2. The van der Waals surface area contributed by atoms with Crippen LogP contribution in [-0.2, 0) is 9.59 Å². The Balaban J connectivity index is 1.73. The minimum absolute atomic E-state index is 0.0826. The van der Waals surface area contributed by atoms with Crippen molar-refractivity contribution in [2.75, 3.05) is 20.1 Å². The molecule has 2 aliphatic rings. The zero-order valence-electron chi connectivity index (χ0n) is 12.4. The molecule has 5 heteroatoms. The molecule has 2 amide bonds. The number of piperidine rings is 1. The minimum atomic E-state index is -0.142. The number of nitrogens with zero attached hydrogens (tertiary/aromatic N) is 3. The van der Waals surface area contributed by atoms with Crippen LogP contribution in [0.25, 0.3) is 0 Å². The van der Waals surface area contributed by atoms with E-state index in [0.717, 1.165) is 31.4 Å². The predicted octanol–water partition coefficient (Wildman–Crippen LogP) is 1.61. The highest BCUT2D eigenvalue weighted by atomic mass is 16.2. The van der Waals surface area contributed by atoms with E-state index in [1.807, 2.05) is 17.0 Å². The molecule has 0 bridgehead atoms. The topological polar surface area (TPSA) is 53.5 Å². The van der Waals surface area contributed by atoms with E-state index in [1.54, 1.807) is 24.3 Å². The fraction of sp³-hybridized carbons (Fsp3) is 0.562. The highest BCUT2D eigenvalue weighted by Gasteiger charge is 2.36. The maximum Gasteiger partial charge on any atom is 0.226 e. The fourth-order valence-electron chi connectivity index (χ4n) is 3.35. The van der Waals surface area contributed by atoms with E-state index in [1.165, 1.54) is 0 Å². The Labute approximate surface area is 124 Å². The van der Waals surface area contributed by atoms with Crippen molar-refractivity contribution in [3.63, 3.8) is 0 Å². The maximum absolute atomic E-state index is 12.8. The highest BCUT2D eigenvalue weighted by molar-refractivity contribution is 5.87. The summed E-state index contributed by atoms with van der Waals surface area (Å²) in [5.41, 5.74) is 1.15. The molecule has 2 fully saturated rings. The van der Waals surface area contributed by atoms with Crippen LogP contribution in [0.4, 0.5) is 0 Å². The minimum Gasteiger partial charge on any atom is -0.346 e. The maximum atomic E-state index is 12.8. The second-order valence-electron chi connectivity index (χ2n) is 5.98. The van der Waals surface area contributed by atoms with Gasteiger partial charge in [0.2, 0.25) is 11.8 Å². The van der Waals surface area contributed by atoms with Gasteiger partial charge in [-0.25, -0.2) is 0 Å². The van der Waals surface area contributed by atoms with Gasteiger partial charge in [-0.05, 0) is 37.0 Å². The normalized spacial score (nSPS) is 26.2. The monoisotopic (exact) mass is 287 g/mol. The van der Waals surface area contributed by atoms with Gasteiger partial charge in [-0.1, -0.05) is 0 Å². The first-order chi connectivity index (χ1) is 10.2. The quantitative estimate of drug-likeness (QED) is 0.830. The number of rotatable bonds is 2. The Kier molecular flexibility index (Phi) is 3.90. The number of amides is 2. The average Bonchev–Trinajstić information content (AvgIpc) is 2.99. The number of carbonyl (C=O) groups excluding carboxylic acids is 2. The zero-order chi connectivity index (χ0) is 14.8. The smallest absolute Gasteiger partial charge is 0.226 e. The van der Waals surface area contributed by atoms with Crippen molar-refractivity contribution in [1.82, 2.24) is 14.8 Å². The third kappa shape index (κ3) is 2.77. The van der Waals surface area contributed by atoms with E-state index in [-0.39, 0.29) is 23.8 Å². The van der Waals surface area contributed by atoms with Gasteiger partial charge >= 0.3 is 0 Å². The van der Waals surface area contributed by atoms with E-state index in [0.29, 0.717) is 13.0 Å². The number of aromatic nitrogens is 1. The van der Waals surface area contributed by atoms with Gasteiger partial charge in [0.05, 0.1) is 6.04 Å². The van der Waals surface area contributed by atoms with Crippen LogP contribution in [0.3, 0.4) is 0 Å². The second-order valence-corrected chi connectivity index (χ2v) is 5.98. The van der Waals surface area contributed by atoms with Crippen molar-refractivity contribution in [2.24, 2.45) is 5.92 Å². The SMILES string of the molecule is CN1CCC(C(=O)N2CCCC2c2ccncc2)CC1=O. The molecule has 2 atom stereocenters. The van der Waals surface area contributed by atoms with Crippen LogP contribution in [0.15, 0.2) is 24.5 Å². The lowest BCUT2D eigenvalue weighted by Gasteiger charge is -2.33. The van der Waals surface area contributed by atoms with Crippen LogP contribution >= 0.6 is 0 Å². The third-order valence-corrected chi connectivity index (χ3v) is 4.64. The van der Waals surface area contributed by atoms with Crippen molar-refractivity contribution >= 4 is 11.8 Å². The van der Waals surface area contributed by atoms with E-state index < -0.39 is 0 Å². The van der Waals surface area contributed by atoms with Gasteiger partial charge < -0.3 is 9.80 Å². The third-order valence-electron chi connectivity index (χ3n) is 4.64. The summed E-state index contributed by atoms with van der Waals surface area (Å²) >= 11 is 0. The van der Waals surface area contributed by atoms with Crippen LogP contribution in [0, 0.1) is 5.92 Å². The standard InChI is InChI=1S/C16H21N3O2/c1-18-10-6-13(11-15(18)20)16(21)19-9-2-3-14(19)12-4-7-17-8-5-12/h4-5,7-8,13-14H,2-3,6,9-11H2,1H3. The Morgan fingerprint density at radius 1 is 1.24 bits per heavy atom. The molecular formula is C16H21N3O2. The summed E-state index contributed by atoms with van der Waals surface area (Å²) in [4.78, 5) is 32.3. The van der Waals surface area contributed by atoms with Crippen molar-refractivity contribution in [3.8, 4) is 0 Å². The number of carbonyl (C=O) groups is 2. The lowest BCUT2D eigenvalue weighted by molar-refractivity contribution is -0.145. The van der Waals surface area contributed by atoms with Gasteiger partial charge in [0, 0.05) is 44.9 Å². The molecule has 1 aromatic rings. The lowest BCUT2D eigenvalue weighted by atomic mass is 9.94. The Morgan fingerprint density at radius 3 is 2.71 bits per heavy atom.